The molecule has 2 aromatic carbocycles. The van der Waals surface area contributed by atoms with Crippen molar-refractivity contribution in [2.45, 2.75) is 13.8 Å². The normalized spacial score (nSPS) is 10.0. The smallest absolute Gasteiger partial charge is 0.337 e. The number of esters is 1. The first-order chi connectivity index (χ1) is 10.0. The van der Waals surface area contributed by atoms with Crippen LogP contribution < -0.4 is 5.32 Å². The van der Waals surface area contributed by atoms with Gasteiger partial charge < -0.3 is 10.1 Å². The van der Waals surface area contributed by atoms with Gasteiger partial charge >= 0.3 is 5.97 Å². The second kappa shape index (κ2) is 6.22. The number of methoxy groups -OCH3 is 1. The summed E-state index contributed by atoms with van der Waals surface area (Å²) in [6.45, 7) is 3.96. The van der Waals surface area contributed by atoms with Gasteiger partial charge in [0.2, 0.25) is 0 Å². The van der Waals surface area contributed by atoms with Gasteiger partial charge in [-0.3, -0.25) is 4.79 Å². The van der Waals surface area contributed by atoms with E-state index in [1.54, 1.807) is 30.3 Å². The Morgan fingerprint density at radius 2 is 1.71 bits per heavy atom. The number of hydrogen-bond donors (Lipinski definition) is 1. The quantitative estimate of drug-likeness (QED) is 0.879. The second-order valence-electron chi connectivity index (χ2n) is 4.83. The molecule has 0 aliphatic carbocycles. The van der Waals surface area contributed by atoms with Crippen molar-refractivity contribution < 1.29 is 14.3 Å². The number of nitrogens with one attached hydrogen (secondary N) is 1. The van der Waals surface area contributed by atoms with Crippen LogP contribution in [0.4, 0.5) is 5.69 Å². The van der Waals surface area contributed by atoms with Crippen LogP contribution in [0.1, 0.15) is 31.8 Å². The summed E-state index contributed by atoms with van der Waals surface area (Å²) in [7, 11) is 1.32. The molecule has 0 saturated heterocycles. The van der Waals surface area contributed by atoms with Crippen molar-refractivity contribution in [3.05, 3.63) is 64.7 Å². The molecule has 1 N–H and O–H groups in total. The molecule has 0 unspecified atom stereocenters. The van der Waals surface area contributed by atoms with Gasteiger partial charge in [0, 0.05) is 11.3 Å². The summed E-state index contributed by atoms with van der Waals surface area (Å²) < 4.78 is 4.66. The van der Waals surface area contributed by atoms with Gasteiger partial charge in [-0.25, -0.2) is 4.79 Å². The van der Waals surface area contributed by atoms with Gasteiger partial charge in [-0.15, -0.1) is 0 Å². The molecule has 0 atom stereocenters. The number of amides is 1. The number of anilines is 1. The van der Waals surface area contributed by atoms with Gasteiger partial charge in [-0.2, -0.15) is 0 Å². The summed E-state index contributed by atoms with van der Waals surface area (Å²) in [6, 6.07) is 12.2. The number of carbonyl (C=O) groups is 2. The SMILES string of the molecule is COC(=O)c1cccc(NC(=O)c2ccc(C)c(C)c2)c1. The van der Waals surface area contributed by atoms with Gasteiger partial charge in [-0.1, -0.05) is 12.1 Å². The fourth-order valence-corrected chi connectivity index (χ4v) is 1.93. The van der Waals surface area contributed by atoms with Gasteiger partial charge in [-0.05, 0) is 55.3 Å². The molecule has 4 heteroatoms. The lowest BCUT2D eigenvalue weighted by Gasteiger charge is -2.08. The molecule has 1 amide bonds. The Balaban J connectivity index is 2.19. The standard InChI is InChI=1S/C17H17NO3/c1-11-7-8-13(9-12(11)2)16(19)18-15-6-4-5-14(10-15)17(20)21-3/h4-10H,1-3H3,(H,18,19). The maximum absolute atomic E-state index is 12.2. The molecule has 0 aliphatic heterocycles. The highest BCUT2D eigenvalue weighted by molar-refractivity contribution is 6.05. The van der Waals surface area contributed by atoms with Crippen LogP contribution in [0.2, 0.25) is 0 Å². The van der Waals surface area contributed by atoms with E-state index < -0.39 is 5.97 Å². The third kappa shape index (κ3) is 3.48. The molecular formula is C17H17NO3. The predicted octanol–water partition coefficient (Wildman–Crippen LogP) is 3.34. The lowest BCUT2D eigenvalue weighted by atomic mass is 10.1. The number of carbonyl (C=O) groups excluding carboxylic acids is 2. The van der Waals surface area contributed by atoms with Crippen molar-refractivity contribution in [2.75, 3.05) is 12.4 Å². The third-order valence-corrected chi connectivity index (χ3v) is 3.31. The topological polar surface area (TPSA) is 55.4 Å². The lowest BCUT2D eigenvalue weighted by molar-refractivity contribution is 0.0600. The van der Waals surface area contributed by atoms with Gasteiger partial charge in [0.05, 0.1) is 12.7 Å². The fourth-order valence-electron chi connectivity index (χ4n) is 1.93. The summed E-state index contributed by atoms with van der Waals surface area (Å²) in [4.78, 5) is 23.7. The van der Waals surface area contributed by atoms with Crippen molar-refractivity contribution in [2.24, 2.45) is 0 Å². The summed E-state index contributed by atoms with van der Waals surface area (Å²) >= 11 is 0. The van der Waals surface area contributed by atoms with Gasteiger partial charge in [0.15, 0.2) is 0 Å². The van der Waals surface area contributed by atoms with Crippen LogP contribution in [-0.4, -0.2) is 19.0 Å². The van der Waals surface area contributed by atoms with E-state index in [0.29, 0.717) is 16.8 Å². The van der Waals surface area contributed by atoms with Crippen LogP contribution in [0.15, 0.2) is 42.5 Å². The molecule has 108 valence electrons. The molecule has 0 radical (unpaired) electrons. The average molecular weight is 283 g/mol. The maximum Gasteiger partial charge on any atom is 0.337 e. The Hall–Kier alpha value is -2.62. The molecule has 21 heavy (non-hydrogen) atoms. The van der Waals surface area contributed by atoms with E-state index in [1.165, 1.54) is 7.11 Å². The van der Waals surface area contributed by atoms with E-state index in [2.05, 4.69) is 10.1 Å². The van der Waals surface area contributed by atoms with Crippen LogP contribution in [-0.2, 0) is 4.74 Å². The van der Waals surface area contributed by atoms with E-state index in [4.69, 9.17) is 0 Å². The third-order valence-electron chi connectivity index (χ3n) is 3.31. The summed E-state index contributed by atoms with van der Waals surface area (Å²) in [6.07, 6.45) is 0. The highest BCUT2D eigenvalue weighted by Crippen LogP contribution is 2.15. The fraction of sp³-hybridized carbons (Fsp3) is 0.176. The molecule has 0 heterocycles. The van der Waals surface area contributed by atoms with E-state index in [1.807, 2.05) is 26.0 Å². The van der Waals surface area contributed by atoms with Gasteiger partial charge in [0.1, 0.15) is 0 Å². The number of hydrogen-bond acceptors (Lipinski definition) is 3. The zero-order valence-electron chi connectivity index (χ0n) is 12.3. The van der Waals surface area contributed by atoms with Crippen molar-refractivity contribution in [1.82, 2.24) is 0 Å². The molecule has 0 bridgehead atoms. The molecule has 0 aliphatic rings. The number of rotatable bonds is 3. The highest BCUT2D eigenvalue weighted by Gasteiger charge is 2.09. The molecular weight excluding hydrogens is 266 g/mol. The number of ether oxygens (including phenoxy) is 1. The first kappa shape index (κ1) is 14.8. The highest BCUT2D eigenvalue weighted by atomic mass is 16.5. The van der Waals surface area contributed by atoms with E-state index in [0.717, 1.165) is 11.1 Å². The van der Waals surface area contributed by atoms with Crippen LogP contribution >= 0.6 is 0 Å². The molecule has 2 rings (SSSR count). The van der Waals surface area contributed by atoms with Crippen LogP contribution in [0.3, 0.4) is 0 Å². The predicted molar refractivity (Wildman–Crippen MR) is 81.7 cm³/mol. The monoisotopic (exact) mass is 283 g/mol. The van der Waals surface area contributed by atoms with Crippen molar-refractivity contribution in [3.63, 3.8) is 0 Å². The molecule has 0 aromatic heterocycles. The molecule has 0 spiro atoms. The van der Waals surface area contributed by atoms with Gasteiger partial charge in [0.25, 0.3) is 5.91 Å². The molecule has 0 saturated carbocycles. The number of aryl methyl sites for hydroxylation is 2. The zero-order valence-corrected chi connectivity index (χ0v) is 12.3. The minimum absolute atomic E-state index is 0.208. The Morgan fingerprint density at radius 1 is 0.952 bits per heavy atom. The van der Waals surface area contributed by atoms with Crippen LogP contribution in [0.25, 0.3) is 0 Å². The molecule has 0 fully saturated rings. The Bertz CT molecular complexity index is 692. The van der Waals surface area contributed by atoms with E-state index in [9.17, 15) is 9.59 Å². The summed E-state index contributed by atoms with van der Waals surface area (Å²) in [5.41, 5.74) is 3.74. The van der Waals surface area contributed by atoms with Crippen molar-refractivity contribution in [1.29, 1.82) is 0 Å². The Kier molecular flexibility index (Phi) is 4.38. The minimum Gasteiger partial charge on any atom is -0.465 e. The first-order valence-corrected chi connectivity index (χ1v) is 6.58. The average Bonchev–Trinajstić information content (AvgIpc) is 2.49. The lowest BCUT2D eigenvalue weighted by Crippen LogP contribution is -2.13. The largest absolute Gasteiger partial charge is 0.465 e. The second-order valence-corrected chi connectivity index (χ2v) is 4.83. The van der Waals surface area contributed by atoms with Crippen molar-refractivity contribution in [3.8, 4) is 0 Å². The molecule has 2 aromatic rings. The van der Waals surface area contributed by atoms with E-state index >= 15 is 0 Å². The summed E-state index contributed by atoms with van der Waals surface area (Å²) in [5.74, 6) is -0.641. The Labute approximate surface area is 123 Å². The van der Waals surface area contributed by atoms with Crippen molar-refractivity contribution >= 4 is 17.6 Å². The van der Waals surface area contributed by atoms with Crippen LogP contribution in [0.5, 0.6) is 0 Å². The minimum atomic E-state index is -0.433. The number of benzene rings is 2. The first-order valence-electron chi connectivity index (χ1n) is 6.58. The zero-order chi connectivity index (χ0) is 15.4. The maximum atomic E-state index is 12.2. The summed E-state index contributed by atoms with van der Waals surface area (Å²) in [5, 5.41) is 2.78. The molecule has 4 nitrogen and oxygen atoms in total. The van der Waals surface area contributed by atoms with Crippen LogP contribution in [0, 0.1) is 13.8 Å². The Morgan fingerprint density at radius 3 is 2.38 bits per heavy atom. The van der Waals surface area contributed by atoms with E-state index in [-0.39, 0.29) is 5.91 Å².